The molecule has 4 heteroatoms. The lowest BCUT2D eigenvalue weighted by Crippen LogP contribution is -2.43. The van der Waals surface area contributed by atoms with E-state index in [9.17, 15) is 9.90 Å². The van der Waals surface area contributed by atoms with Crippen molar-refractivity contribution in [1.82, 2.24) is 0 Å². The van der Waals surface area contributed by atoms with Gasteiger partial charge in [-0.25, -0.2) is 0 Å². The van der Waals surface area contributed by atoms with Crippen molar-refractivity contribution in [2.75, 3.05) is 5.32 Å². The molecule has 4 N–H and O–H groups in total. The molecule has 0 aromatic heterocycles. The molecule has 1 aromatic rings. The summed E-state index contributed by atoms with van der Waals surface area (Å²) in [6.07, 6.45) is 2.30. The van der Waals surface area contributed by atoms with Crippen LogP contribution in [0.4, 0.5) is 5.69 Å². The Balaban J connectivity index is 2.08. The number of benzene rings is 1. The molecular formula is C18H26N2O2. The average Bonchev–Trinajstić information content (AvgIpc) is 2.88. The first kappa shape index (κ1) is 16.6. The molecule has 1 heterocycles. The Morgan fingerprint density at radius 2 is 2.09 bits per heavy atom. The maximum Gasteiger partial charge on any atom is 0.248 e. The molecule has 1 unspecified atom stereocenters. The van der Waals surface area contributed by atoms with Crippen LogP contribution < -0.4 is 11.1 Å². The first-order valence-corrected chi connectivity index (χ1v) is 7.75. The highest BCUT2D eigenvalue weighted by atomic mass is 16.3. The number of hydrogen-bond acceptors (Lipinski definition) is 3. The molecule has 1 aliphatic rings. The fourth-order valence-corrected chi connectivity index (χ4v) is 2.76. The Morgan fingerprint density at radius 3 is 2.68 bits per heavy atom. The van der Waals surface area contributed by atoms with Crippen LogP contribution in [0.5, 0.6) is 0 Å². The van der Waals surface area contributed by atoms with Crippen LogP contribution in [0, 0.1) is 0 Å². The van der Waals surface area contributed by atoms with Crippen molar-refractivity contribution in [1.29, 1.82) is 0 Å². The van der Waals surface area contributed by atoms with Gasteiger partial charge in [-0.3, -0.25) is 4.79 Å². The molecule has 0 saturated carbocycles. The van der Waals surface area contributed by atoms with E-state index < -0.39 is 11.5 Å². The van der Waals surface area contributed by atoms with Gasteiger partial charge < -0.3 is 16.2 Å². The molecule has 2 rings (SSSR count). The largest absolute Gasteiger partial charge is 0.388 e. The summed E-state index contributed by atoms with van der Waals surface area (Å²) >= 11 is 0. The molecule has 1 aromatic carbocycles. The number of fused-ring (bicyclic) bond motifs is 1. The molecule has 120 valence electrons. The van der Waals surface area contributed by atoms with Gasteiger partial charge in [0, 0.05) is 11.3 Å². The number of carbonyl (C=O) groups excluding carboxylic acids is 1. The van der Waals surface area contributed by atoms with Gasteiger partial charge in [-0.1, -0.05) is 11.1 Å². The Labute approximate surface area is 132 Å². The van der Waals surface area contributed by atoms with Gasteiger partial charge in [0.15, 0.2) is 0 Å². The van der Waals surface area contributed by atoms with Crippen molar-refractivity contribution in [3.63, 3.8) is 0 Å². The fourth-order valence-electron chi connectivity index (χ4n) is 2.76. The maximum absolute atomic E-state index is 11.3. The monoisotopic (exact) mass is 302 g/mol. The second kappa shape index (κ2) is 6.13. The van der Waals surface area contributed by atoms with E-state index in [0.717, 1.165) is 17.7 Å². The molecule has 1 aliphatic heterocycles. The van der Waals surface area contributed by atoms with Gasteiger partial charge in [-0.15, -0.1) is 0 Å². The van der Waals surface area contributed by atoms with Crippen LogP contribution in [0.3, 0.4) is 0 Å². The Kier molecular flexibility index (Phi) is 4.61. The van der Waals surface area contributed by atoms with Crippen molar-refractivity contribution in [3.8, 4) is 0 Å². The summed E-state index contributed by atoms with van der Waals surface area (Å²) in [5, 5.41) is 14.2. The van der Waals surface area contributed by atoms with Crippen LogP contribution in [0.2, 0.25) is 0 Å². The van der Waals surface area contributed by atoms with Crippen LogP contribution in [0.1, 0.15) is 56.5 Å². The van der Waals surface area contributed by atoms with E-state index >= 15 is 0 Å². The summed E-state index contributed by atoms with van der Waals surface area (Å²) in [7, 11) is 0. The fraction of sp³-hybridized carbons (Fsp3) is 0.500. The summed E-state index contributed by atoms with van der Waals surface area (Å²) in [6.45, 7) is 8.18. The smallest absolute Gasteiger partial charge is 0.248 e. The van der Waals surface area contributed by atoms with Gasteiger partial charge in [0.05, 0.1) is 11.6 Å². The van der Waals surface area contributed by atoms with Gasteiger partial charge in [0.2, 0.25) is 5.91 Å². The molecule has 0 bridgehead atoms. The number of primary amides is 1. The van der Waals surface area contributed by atoms with Gasteiger partial charge >= 0.3 is 0 Å². The molecule has 0 spiro atoms. The van der Waals surface area contributed by atoms with Crippen LogP contribution in [-0.2, 0) is 6.42 Å². The summed E-state index contributed by atoms with van der Waals surface area (Å²) in [4.78, 5) is 11.3. The highest BCUT2D eigenvalue weighted by Crippen LogP contribution is 2.34. The Bertz CT molecular complexity index is 614. The van der Waals surface area contributed by atoms with E-state index in [-0.39, 0.29) is 6.04 Å². The van der Waals surface area contributed by atoms with Crippen LogP contribution in [0.15, 0.2) is 29.3 Å². The number of amides is 1. The molecular weight excluding hydrogens is 276 g/mol. The minimum absolute atomic E-state index is 0.0458. The summed E-state index contributed by atoms with van der Waals surface area (Å²) < 4.78 is 0. The first-order chi connectivity index (χ1) is 10.2. The summed E-state index contributed by atoms with van der Waals surface area (Å²) in [6, 6.07) is 5.36. The molecule has 0 radical (unpaired) electrons. The number of nitrogens with two attached hydrogens (primary N) is 1. The number of hydrogen-bond donors (Lipinski definition) is 3. The van der Waals surface area contributed by atoms with Crippen molar-refractivity contribution in [3.05, 3.63) is 40.5 Å². The normalized spacial score (nSPS) is 19.0. The summed E-state index contributed by atoms with van der Waals surface area (Å²) in [5.74, 6) is -0.419. The van der Waals surface area contributed by atoms with Crippen LogP contribution in [0.25, 0.3) is 0 Å². The molecule has 22 heavy (non-hydrogen) atoms. The Morgan fingerprint density at radius 1 is 1.41 bits per heavy atom. The quantitative estimate of drug-likeness (QED) is 0.732. The van der Waals surface area contributed by atoms with E-state index in [1.54, 1.807) is 6.07 Å². The molecule has 2 atom stereocenters. The van der Waals surface area contributed by atoms with E-state index in [0.29, 0.717) is 18.4 Å². The number of carbonyl (C=O) groups is 1. The lowest BCUT2D eigenvalue weighted by molar-refractivity contribution is 0.0332. The molecule has 4 nitrogen and oxygen atoms in total. The van der Waals surface area contributed by atoms with Crippen molar-refractivity contribution in [2.45, 2.75) is 58.6 Å². The second-order valence-corrected chi connectivity index (χ2v) is 6.77. The number of anilines is 1. The third kappa shape index (κ3) is 3.50. The van der Waals surface area contributed by atoms with Crippen LogP contribution >= 0.6 is 0 Å². The Hall–Kier alpha value is -1.81. The lowest BCUT2D eigenvalue weighted by Gasteiger charge is -2.31. The van der Waals surface area contributed by atoms with Crippen molar-refractivity contribution < 1.29 is 9.90 Å². The number of rotatable bonds is 5. The topological polar surface area (TPSA) is 75.3 Å². The minimum Gasteiger partial charge on any atom is -0.388 e. The zero-order valence-electron chi connectivity index (χ0n) is 13.9. The van der Waals surface area contributed by atoms with Crippen molar-refractivity contribution in [2.24, 2.45) is 5.73 Å². The molecule has 0 saturated heterocycles. The van der Waals surface area contributed by atoms with E-state index in [1.807, 2.05) is 19.1 Å². The van der Waals surface area contributed by atoms with E-state index in [1.165, 1.54) is 11.1 Å². The zero-order chi connectivity index (χ0) is 16.5. The van der Waals surface area contributed by atoms with Gasteiger partial charge in [-0.05, 0) is 70.7 Å². The van der Waals surface area contributed by atoms with E-state index in [2.05, 4.69) is 26.1 Å². The third-order valence-electron chi connectivity index (χ3n) is 4.75. The van der Waals surface area contributed by atoms with Gasteiger partial charge in [0.25, 0.3) is 0 Å². The molecule has 0 aliphatic carbocycles. The highest BCUT2D eigenvalue weighted by Gasteiger charge is 2.36. The maximum atomic E-state index is 11.3. The SMILES string of the molecule is CC(C)=C(C)CCC(C)(O)[C@H]1Cc2cc(C(N)=O)ccc2N1. The number of allylic oxidation sites excluding steroid dienone is 2. The minimum atomic E-state index is -0.803. The van der Waals surface area contributed by atoms with Crippen molar-refractivity contribution >= 4 is 11.6 Å². The lowest BCUT2D eigenvalue weighted by atomic mass is 9.87. The second-order valence-electron chi connectivity index (χ2n) is 6.77. The zero-order valence-corrected chi connectivity index (χ0v) is 13.9. The van der Waals surface area contributed by atoms with Gasteiger partial charge in [0.1, 0.15) is 0 Å². The molecule has 0 fully saturated rings. The van der Waals surface area contributed by atoms with Gasteiger partial charge in [-0.2, -0.15) is 0 Å². The summed E-state index contributed by atoms with van der Waals surface area (Å²) in [5.41, 5.74) is 9.69. The number of nitrogens with one attached hydrogen (secondary N) is 1. The standard InChI is InChI=1S/C18H26N2O2/c1-11(2)12(3)7-8-18(4,22)16-10-14-9-13(17(19)21)5-6-15(14)20-16/h5-6,9,16,20,22H,7-8,10H2,1-4H3,(H2,19,21)/t16-,18?/m1/s1. The third-order valence-corrected chi connectivity index (χ3v) is 4.75. The number of aliphatic hydroxyl groups is 1. The first-order valence-electron chi connectivity index (χ1n) is 7.75. The predicted octanol–water partition coefficient (Wildman–Crippen LogP) is 3.01. The average molecular weight is 302 g/mol. The van der Waals surface area contributed by atoms with E-state index in [4.69, 9.17) is 5.73 Å². The predicted molar refractivity (Wildman–Crippen MR) is 90.0 cm³/mol. The van der Waals surface area contributed by atoms with Crippen LogP contribution in [-0.4, -0.2) is 22.7 Å². The highest BCUT2D eigenvalue weighted by molar-refractivity contribution is 5.93. The molecule has 1 amide bonds.